The molecule has 2 amide bonds. The maximum absolute atomic E-state index is 12.4. The Balaban J connectivity index is 1.88. The summed E-state index contributed by atoms with van der Waals surface area (Å²) < 4.78 is 42.6. The van der Waals surface area contributed by atoms with Crippen molar-refractivity contribution in [2.45, 2.75) is 24.7 Å². The van der Waals surface area contributed by atoms with Crippen molar-refractivity contribution in [1.29, 1.82) is 0 Å². The number of fused-ring (bicyclic) bond motifs is 1. The first-order valence-corrected chi connectivity index (χ1v) is 7.36. The normalized spacial score (nSPS) is 28.2. The molecule has 0 aromatic carbocycles. The van der Waals surface area contributed by atoms with E-state index in [1.165, 1.54) is 0 Å². The summed E-state index contributed by atoms with van der Waals surface area (Å²) in [5.41, 5.74) is 5.11. The summed E-state index contributed by atoms with van der Waals surface area (Å²) in [6.45, 7) is -1.56. The summed E-state index contributed by atoms with van der Waals surface area (Å²) in [6.07, 6.45) is -3.41. The van der Waals surface area contributed by atoms with E-state index in [4.69, 9.17) is 10.5 Å². The lowest BCUT2D eigenvalue weighted by molar-refractivity contribution is -0.157. The van der Waals surface area contributed by atoms with Crippen molar-refractivity contribution in [3.8, 4) is 0 Å². The van der Waals surface area contributed by atoms with Crippen LogP contribution in [0.5, 0.6) is 0 Å². The summed E-state index contributed by atoms with van der Waals surface area (Å²) in [4.78, 5) is 36.9. The number of carboxylic acids is 1. The van der Waals surface area contributed by atoms with Crippen LogP contribution in [0.4, 0.5) is 13.2 Å². The van der Waals surface area contributed by atoms with Gasteiger partial charge in [0, 0.05) is 12.1 Å². The number of hydrogen-bond donors (Lipinski definition) is 2. The SMILES string of the molecule is N[C@@H]1C(=O)N2C(C(=O)O)=C(C=C3CCN(CC(F)(F)F)C3=O)OC[C@H]12. The topological polar surface area (TPSA) is 113 Å². The van der Waals surface area contributed by atoms with E-state index in [1.807, 2.05) is 0 Å². The zero-order valence-corrected chi connectivity index (χ0v) is 12.7. The number of nitrogens with zero attached hydrogens (tertiary/aromatic N) is 2. The monoisotopic (exact) mass is 361 g/mol. The lowest BCUT2D eigenvalue weighted by Crippen LogP contribution is -2.71. The number of carbonyl (C=O) groups excluding carboxylic acids is 2. The molecule has 0 bridgehead atoms. The third-order valence-electron chi connectivity index (χ3n) is 4.24. The van der Waals surface area contributed by atoms with Gasteiger partial charge in [-0.2, -0.15) is 13.2 Å². The van der Waals surface area contributed by atoms with Crippen molar-refractivity contribution in [3.63, 3.8) is 0 Å². The highest BCUT2D eigenvalue weighted by molar-refractivity contribution is 6.01. The molecule has 0 saturated carbocycles. The van der Waals surface area contributed by atoms with Gasteiger partial charge >= 0.3 is 12.1 Å². The molecular weight excluding hydrogens is 347 g/mol. The summed E-state index contributed by atoms with van der Waals surface area (Å²) in [5.74, 6) is -3.11. The van der Waals surface area contributed by atoms with E-state index in [-0.39, 0.29) is 30.9 Å². The Kier molecular flexibility index (Phi) is 3.98. The number of β-lactam (4-membered cyclic amide) rings is 1. The predicted molar refractivity (Wildman–Crippen MR) is 74.6 cm³/mol. The quantitative estimate of drug-likeness (QED) is 0.521. The van der Waals surface area contributed by atoms with E-state index in [2.05, 4.69) is 0 Å². The van der Waals surface area contributed by atoms with Crippen LogP contribution in [0.15, 0.2) is 23.1 Å². The van der Waals surface area contributed by atoms with Gasteiger partial charge in [0.15, 0.2) is 11.5 Å². The second-order valence-corrected chi connectivity index (χ2v) is 5.89. The van der Waals surface area contributed by atoms with Crippen LogP contribution in [-0.2, 0) is 19.1 Å². The Bertz CT molecular complexity index is 715. The van der Waals surface area contributed by atoms with E-state index in [0.717, 1.165) is 11.0 Å². The number of carboxylic acid groups (broad SMARTS) is 1. The first-order valence-electron chi connectivity index (χ1n) is 7.36. The Morgan fingerprint density at radius 3 is 2.68 bits per heavy atom. The van der Waals surface area contributed by atoms with Crippen LogP contribution in [0, 0.1) is 0 Å². The van der Waals surface area contributed by atoms with Gasteiger partial charge in [0.2, 0.25) is 11.8 Å². The molecule has 25 heavy (non-hydrogen) atoms. The molecule has 0 spiro atoms. The predicted octanol–water partition coefficient (Wildman–Crippen LogP) is -0.428. The first kappa shape index (κ1) is 17.3. The number of ether oxygens (including phenoxy) is 1. The maximum atomic E-state index is 12.4. The van der Waals surface area contributed by atoms with Crippen molar-refractivity contribution < 1.29 is 37.4 Å². The van der Waals surface area contributed by atoms with Gasteiger partial charge < -0.3 is 20.5 Å². The van der Waals surface area contributed by atoms with Crippen LogP contribution in [0.2, 0.25) is 0 Å². The van der Waals surface area contributed by atoms with Gasteiger partial charge in [0.05, 0.1) is 6.04 Å². The van der Waals surface area contributed by atoms with E-state index < -0.39 is 48.3 Å². The Hall–Kier alpha value is -2.56. The zero-order chi connectivity index (χ0) is 18.5. The van der Waals surface area contributed by atoms with Gasteiger partial charge in [-0.15, -0.1) is 0 Å². The van der Waals surface area contributed by atoms with Crippen molar-refractivity contribution in [2.75, 3.05) is 19.7 Å². The second-order valence-electron chi connectivity index (χ2n) is 5.89. The van der Waals surface area contributed by atoms with Crippen LogP contribution in [0.3, 0.4) is 0 Å². The average Bonchev–Trinajstić information content (AvgIpc) is 2.84. The van der Waals surface area contributed by atoms with E-state index >= 15 is 0 Å². The van der Waals surface area contributed by atoms with E-state index in [1.54, 1.807) is 0 Å². The number of halogens is 3. The van der Waals surface area contributed by atoms with Gasteiger partial charge in [0.25, 0.3) is 0 Å². The minimum atomic E-state index is -4.52. The number of aliphatic carboxylic acids is 1. The number of likely N-dealkylation sites (tertiary alicyclic amines) is 1. The molecule has 3 aliphatic heterocycles. The molecule has 8 nitrogen and oxygen atoms in total. The number of hydrogen-bond acceptors (Lipinski definition) is 5. The molecule has 3 heterocycles. The van der Waals surface area contributed by atoms with Crippen LogP contribution in [0.25, 0.3) is 0 Å². The number of nitrogens with two attached hydrogens (primary N) is 1. The van der Waals surface area contributed by atoms with E-state index in [0.29, 0.717) is 4.90 Å². The van der Waals surface area contributed by atoms with Crippen LogP contribution >= 0.6 is 0 Å². The van der Waals surface area contributed by atoms with Gasteiger partial charge in [-0.25, -0.2) is 4.79 Å². The summed E-state index contributed by atoms with van der Waals surface area (Å²) in [5, 5.41) is 9.33. The van der Waals surface area contributed by atoms with E-state index in [9.17, 15) is 32.7 Å². The first-order chi connectivity index (χ1) is 11.6. The Morgan fingerprint density at radius 2 is 2.08 bits per heavy atom. The summed E-state index contributed by atoms with van der Waals surface area (Å²) >= 11 is 0. The maximum Gasteiger partial charge on any atom is 0.406 e. The number of alkyl halides is 3. The molecule has 3 N–H and O–H groups in total. The molecule has 2 atom stereocenters. The lowest BCUT2D eigenvalue weighted by atomic mass is 9.93. The summed E-state index contributed by atoms with van der Waals surface area (Å²) in [7, 11) is 0. The summed E-state index contributed by atoms with van der Waals surface area (Å²) in [6, 6.07) is -1.47. The standard InChI is InChI=1S/C14H14F3N3O5/c15-14(16,17)5-19-2-1-6(11(19)21)3-8-10(13(23)24)20-7(4-25-8)9(18)12(20)22/h3,7,9H,1-2,4-5,18H2,(H,23,24)/t7-,9+/m1/s1. The third kappa shape index (κ3) is 2.95. The van der Waals surface area contributed by atoms with Gasteiger partial charge in [0.1, 0.15) is 19.2 Å². The Labute approximate surface area is 139 Å². The molecule has 0 aromatic heterocycles. The van der Waals surface area contributed by atoms with Gasteiger partial charge in [-0.05, 0) is 12.5 Å². The van der Waals surface area contributed by atoms with Crippen LogP contribution < -0.4 is 5.73 Å². The number of amides is 2. The molecule has 0 aliphatic carbocycles. The average molecular weight is 361 g/mol. The molecule has 3 aliphatic rings. The molecule has 0 aromatic rings. The lowest BCUT2D eigenvalue weighted by Gasteiger charge is -2.47. The molecule has 2 fully saturated rings. The molecule has 11 heteroatoms. The van der Waals surface area contributed by atoms with Crippen molar-refractivity contribution in [1.82, 2.24) is 9.80 Å². The smallest absolute Gasteiger partial charge is 0.406 e. The second kappa shape index (κ2) is 5.76. The van der Waals surface area contributed by atoms with Crippen LogP contribution in [0.1, 0.15) is 6.42 Å². The van der Waals surface area contributed by atoms with Crippen LogP contribution in [-0.4, -0.2) is 70.6 Å². The van der Waals surface area contributed by atoms with Crippen molar-refractivity contribution in [3.05, 3.63) is 23.1 Å². The molecule has 3 rings (SSSR count). The molecule has 0 unspecified atom stereocenters. The van der Waals surface area contributed by atoms with Gasteiger partial charge in [-0.3, -0.25) is 14.5 Å². The number of allylic oxidation sites excluding steroid dienone is 1. The fourth-order valence-corrected chi connectivity index (χ4v) is 3.03. The number of carbonyl (C=O) groups is 3. The third-order valence-corrected chi connectivity index (χ3v) is 4.24. The molecule has 2 saturated heterocycles. The Morgan fingerprint density at radius 1 is 1.40 bits per heavy atom. The highest BCUT2D eigenvalue weighted by atomic mass is 19.4. The highest BCUT2D eigenvalue weighted by Gasteiger charge is 2.52. The number of rotatable bonds is 3. The van der Waals surface area contributed by atoms with Crippen molar-refractivity contribution in [2.24, 2.45) is 5.73 Å². The minimum Gasteiger partial charge on any atom is -0.489 e. The van der Waals surface area contributed by atoms with Crippen molar-refractivity contribution >= 4 is 17.8 Å². The van der Waals surface area contributed by atoms with Gasteiger partial charge in [-0.1, -0.05) is 0 Å². The molecular formula is C14H14F3N3O5. The molecule has 136 valence electrons. The largest absolute Gasteiger partial charge is 0.489 e. The highest BCUT2D eigenvalue weighted by Crippen LogP contribution is 2.33. The minimum absolute atomic E-state index is 0.00581. The fraction of sp³-hybridized carbons (Fsp3) is 0.500. The molecule has 0 radical (unpaired) electrons. The fourth-order valence-electron chi connectivity index (χ4n) is 3.03. The zero-order valence-electron chi connectivity index (χ0n) is 12.7.